The van der Waals surface area contributed by atoms with Gasteiger partial charge in [0.05, 0.1) is 11.1 Å². The van der Waals surface area contributed by atoms with Crippen LogP contribution in [-0.4, -0.2) is 0 Å². The fourth-order valence-electron chi connectivity index (χ4n) is 2.42. The molecule has 0 aliphatic carbocycles. The molecule has 0 radical (unpaired) electrons. The monoisotopic (exact) mass is 458 g/mol. The molecule has 0 amide bonds. The van der Waals surface area contributed by atoms with Crippen molar-refractivity contribution in [1.29, 1.82) is 0 Å². The van der Waals surface area contributed by atoms with E-state index in [2.05, 4.69) is 11.8 Å². The molecule has 0 heterocycles. The van der Waals surface area contributed by atoms with Gasteiger partial charge in [0.1, 0.15) is 11.1 Å². The Labute approximate surface area is 180 Å². The van der Waals surface area contributed by atoms with Crippen LogP contribution < -0.4 is 0 Å². The van der Waals surface area contributed by atoms with Crippen LogP contribution in [0.1, 0.15) is 52.7 Å². The Morgan fingerprint density at radius 1 is 0.406 bits per heavy atom. The first-order valence-corrected chi connectivity index (χ1v) is 9.26. The molecular formula is C24H18F8. The van der Waals surface area contributed by atoms with Gasteiger partial charge in [-0.15, -0.1) is 0 Å². The van der Waals surface area contributed by atoms with Crippen molar-refractivity contribution in [3.05, 3.63) is 57.7 Å². The molecule has 0 unspecified atom stereocenters. The van der Waals surface area contributed by atoms with E-state index in [0.29, 0.717) is 0 Å². The topological polar surface area (TPSA) is 0 Å². The van der Waals surface area contributed by atoms with Gasteiger partial charge in [-0.1, -0.05) is 23.7 Å². The molecule has 0 atom stereocenters. The molecule has 0 N–H and O–H groups in total. The normalized spacial score (nSPS) is 11.6. The molecular weight excluding hydrogens is 440 g/mol. The highest BCUT2D eigenvalue weighted by atomic mass is 19.2. The van der Waals surface area contributed by atoms with Crippen LogP contribution in [0.15, 0.2) is 0 Å². The maximum atomic E-state index is 14.6. The number of hydrogen-bond acceptors (Lipinski definition) is 0. The Hall–Kier alpha value is -3.00. The lowest BCUT2D eigenvalue weighted by atomic mass is 9.94. The van der Waals surface area contributed by atoms with E-state index in [0.717, 1.165) is 0 Å². The maximum absolute atomic E-state index is 14.6. The highest BCUT2D eigenvalue weighted by Gasteiger charge is 2.33. The highest BCUT2D eigenvalue weighted by molar-refractivity contribution is 5.69. The summed E-state index contributed by atoms with van der Waals surface area (Å²) in [6.07, 6.45) is 0. The van der Waals surface area contributed by atoms with Crippen molar-refractivity contribution in [3.63, 3.8) is 0 Å². The van der Waals surface area contributed by atoms with Crippen molar-refractivity contribution in [2.24, 2.45) is 10.8 Å². The molecule has 170 valence electrons. The minimum absolute atomic E-state index is 0.807. The summed E-state index contributed by atoms with van der Waals surface area (Å²) in [6, 6.07) is 0. The minimum atomic E-state index is -2.26. The summed E-state index contributed by atoms with van der Waals surface area (Å²) in [5.74, 6) is -8.68. The maximum Gasteiger partial charge on any atom is 0.178 e. The summed E-state index contributed by atoms with van der Waals surface area (Å²) in [7, 11) is 0. The van der Waals surface area contributed by atoms with Crippen molar-refractivity contribution >= 4 is 0 Å². The first-order valence-electron chi connectivity index (χ1n) is 9.26. The molecule has 0 aliphatic heterocycles. The largest absolute Gasteiger partial charge is 0.203 e. The molecule has 32 heavy (non-hydrogen) atoms. The van der Waals surface area contributed by atoms with Gasteiger partial charge in [0.15, 0.2) is 46.5 Å². The summed E-state index contributed by atoms with van der Waals surface area (Å²) in [5, 5.41) is 0. The van der Waals surface area contributed by atoms with Gasteiger partial charge in [-0.2, -0.15) is 0 Å². The Kier molecular flexibility index (Phi) is 6.71. The summed E-state index contributed by atoms with van der Waals surface area (Å²) in [5.41, 5.74) is -8.15. The van der Waals surface area contributed by atoms with Crippen LogP contribution in [-0.2, 0) is 0 Å². The zero-order chi connectivity index (χ0) is 24.8. The van der Waals surface area contributed by atoms with Gasteiger partial charge in [0.2, 0.25) is 0 Å². The van der Waals surface area contributed by atoms with Crippen molar-refractivity contribution in [2.75, 3.05) is 0 Å². The van der Waals surface area contributed by atoms with Crippen LogP contribution in [0.3, 0.4) is 0 Å². The van der Waals surface area contributed by atoms with E-state index < -0.39 is 79.6 Å². The van der Waals surface area contributed by atoms with Crippen molar-refractivity contribution < 1.29 is 35.1 Å². The number of benzene rings is 2. The van der Waals surface area contributed by atoms with Gasteiger partial charge >= 0.3 is 0 Å². The van der Waals surface area contributed by atoms with Gasteiger partial charge in [-0.3, -0.25) is 0 Å². The first kappa shape index (κ1) is 25.3. The van der Waals surface area contributed by atoms with Crippen LogP contribution in [0.2, 0.25) is 0 Å². The van der Waals surface area contributed by atoms with E-state index >= 15 is 0 Å². The van der Waals surface area contributed by atoms with Crippen molar-refractivity contribution in [2.45, 2.75) is 41.5 Å². The molecule has 0 nitrogen and oxygen atoms in total. The zero-order valence-electron chi connectivity index (χ0n) is 18.0. The second-order valence-electron chi connectivity index (χ2n) is 9.01. The van der Waals surface area contributed by atoms with E-state index in [9.17, 15) is 35.1 Å². The average Bonchev–Trinajstić information content (AvgIpc) is 2.65. The molecule has 2 aromatic carbocycles. The summed E-state index contributed by atoms with van der Waals surface area (Å²) < 4.78 is 116. The third-order valence-corrected chi connectivity index (χ3v) is 3.90. The Bertz CT molecular complexity index is 1060. The standard InChI is InChI=1S/C24H18F8/c1-23(2,3)9-7-11-15(25)19(29)13(20(30)16(11)26)14-21(31)17(27)12(18(28)22(14)32)8-10-24(4,5)6/h1-6H3. The quantitative estimate of drug-likeness (QED) is 0.240. The summed E-state index contributed by atoms with van der Waals surface area (Å²) in [4.78, 5) is 0. The Morgan fingerprint density at radius 2 is 0.625 bits per heavy atom. The fraction of sp³-hybridized carbons (Fsp3) is 0.333. The molecule has 0 bridgehead atoms. The molecule has 8 heteroatoms. The van der Waals surface area contributed by atoms with E-state index in [1.807, 2.05) is 11.8 Å². The first-order chi connectivity index (χ1) is 14.5. The molecule has 0 aromatic heterocycles. The Morgan fingerprint density at radius 3 is 0.812 bits per heavy atom. The van der Waals surface area contributed by atoms with E-state index in [1.54, 1.807) is 41.5 Å². The minimum Gasteiger partial charge on any atom is -0.203 e. The van der Waals surface area contributed by atoms with Crippen LogP contribution in [0.25, 0.3) is 11.1 Å². The fourth-order valence-corrected chi connectivity index (χ4v) is 2.42. The predicted octanol–water partition coefficient (Wildman–Crippen LogP) is 7.26. The summed E-state index contributed by atoms with van der Waals surface area (Å²) >= 11 is 0. The lowest BCUT2D eigenvalue weighted by Crippen LogP contribution is -2.10. The van der Waals surface area contributed by atoms with Gasteiger partial charge in [-0.25, -0.2) is 35.1 Å². The molecule has 2 rings (SSSR count). The third-order valence-electron chi connectivity index (χ3n) is 3.90. The van der Waals surface area contributed by atoms with Crippen molar-refractivity contribution in [1.82, 2.24) is 0 Å². The highest BCUT2D eigenvalue weighted by Crippen LogP contribution is 2.38. The second kappa shape index (κ2) is 8.50. The SMILES string of the molecule is CC(C)(C)C#Cc1c(F)c(F)c(-c2c(F)c(F)c(C#CC(C)(C)C)c(F)c2F)c(F)c1F. The van der Waals surface area contributed by atoms with Crippen LogP contribution in [0, 0.1) is 81.0 Å². The molecule has 0 saturated carbocycles. The van der Waals surface area contributed by atoms with E-state index in [4.69, 9.17) is 0 Å². The number of rotatable bonds is 1. The van der Waals surface area contributed by atoms with Crippen LogP contribution >= 0.6 is 0 Å². The van der Waals surface area contributed by atoms with Gasteiger partial charge in [0, 0.05) is 10.8 Å². The predicted molar refractivity (Wildman–Crippen MR) is 104 cm³/mol. The number of halogens is 8. The van der Waals surface area contributed by atoms with Crippen LogP contribution in [0.5, 0.6) is 0 Å². The van der Waals surface area contributed by atoms with Gasteiger partial charge in [0.25, 0.3) is 0 Å². The molecule has 0 fully saturated rings. The Balaban J connectivity index is 2.90. The average molecular weight is 458 g/mol. The molecule has 0 saturated heterocycles. The summed E-state index contributed by atoms with van der Waals surface area (Å²) in [6.45, 7) is 9.32. The zero-order valence-corrected chi connectivity index (χ0v) is 18.0. The van der Waals surface area contributed by atoms with E-state index in [1.165, 1.54) is 0 Å². The van der Waals surface area contributed by atoms with Gasteiger partial charge < -0.3 is 0 Å². The smallest absolute Gasteiger partial charge is 0.178 e. The lowest BCUT2D eigenvalue weighted by Gasteiger charge is -2.14. The second-order valence-corrected chi connectivity index (χ2v) is 9.01. The van der Waals surface area contributed by atoms with Crippen LogP contribution in [0.4, 0.5) is 35.1 Å². The lowest BCUT2D eigenvalue weighted by molar-refractivity contribution is 0.438. The molecule has 0 aliphatic rings. The third kappa shape index (κ3) is 4.91. The van der Waals surface area contributed by atoms with Gasteiger partial charge in [-0.05, 0) is 41.5 Å². The molecule has 0 spiro atoms. The van der Waals surface area contributed by atoms with Crippen molar-refractivity contribution in [3.8, 4) is 34.8 Å². The number of hydrogen-bond donors (Lipinski definition) is 0. The molecule has 2 aromatic rings. The van der Waals surface area contributed by atoms with E-state index in [-0.39, 0.29) is 0 Å².